The van der Waals surface area contributed by atoms with Gasteiger partial charge in [-0.25, -0.2) is 22.5 Å². The molecule has 2 fully saturated rings. The highest BCUT2D eigenvalue weighted by Gasteiger charge is 2.75. The van der Waals surface area contributed by atoms with Crippen LogP contribution in [-0.2, 0) is 6.54 Å². The van der Waals surface area contributed by atoms with E-state index in [1.807, 2.05) is 0 Å². The van der Waals surface area contributed by atoms with Crippen molar-refractivity contribution >= 4 is 11.0 Å². The quantitative estimate of drug-likeness (QED) is 0.799. The summed E-state index contributed by atoms with van der Waals surface area (Å²) in [4.78, 5) is 15.7. The van der Waals surface area contributed by atoms with Gasteiger partial charge >= 0.3 is 0 Å². The van der Waals surface area contributed by atoms with Crippen molar-refractivity contribution < 1.29 is 17.6 Å². The number of halogens is 4. The Hall–Kier alpha value is -1.92. The highest BCUT2D eigenvalue weighted by Crippen LogP contribution is 2.72. The van der Waals surface area contributed by atoms with Crippen molar-refractivity contribution in [3.05, 3.63) is 40.3 Å². The first-order valence-corrected chi connectivity index (χ1v) is 7.04. The van der Waals surface area contributed by atoms with Gasteiger partial charge in [-0.1, -0.05) is 0 Å². The van der Waals surface area contributed by atoms with E-state index in [-0.39, 0.29) is 29.9 Å². The van der Waals surface area contributed by atoms with Gasteiger partial charge in [0.2, 0.25) is 0 Å². The smallest absolute Gasteiger partial charge is 0.269 e. The maximum atomic E-state index is 13.4. The highest BCUT2D eigenvalue weighted by atomic mass is 19.3. The van der Waals surface area contributed by atoms with Gasteiger partial charge in [0.25, 0.3) is 11.5 Å². The molecule has 0 atom stereocenters. The molecule has 3 nitrogen and oxygen atoms in total. The summed E-state index contributed by atoms with van der Waals surface area (Å²) in [7, 11) is 0. The van der Waals surface area contributed by atoms with E-state index in [2.05, 4.69) is 4.98 Å². The monoisotopic (exact) mass is 312 g/mol. The van der Waals surface area contributed by atoms with Crippen molar-refractivity contribution in [2.24, 2.45) is 11.3 Å². The molecule has 116 valence electrons. The third kappa shape index (κ3) is 1.80. The summed E-state index contributed by atoms with van der Waals surface area (Å²) < 4.78 is 54.3. The first-order valence-electron chi connectivity index (χ1n) is 7.04. The summed E-state index contributed by atoms with van der Waals surface area (Å²) in [5.74, 6) is -4.73. The van der Waals surface area contributed by atoms with Crippen LogP contribution in [0.15, 0.2) is 23.1 Å². The van der Waals surface area contributed by atoms with Gasteiger partial charge in [0.15, 0.2) is 11.6 Å². The van der Waals surface area contributed by atoms with E-state index in [0.29, 0.717) is 12.8 Å². The van der Waals surface area contributed by atoms with Crippen molar-refractivity contribution in [1.82, 2.24) is 9.55 Å². The molecule has 0 saturated heterocycles. The van der Waals surface area contributed by atoms with Crippen molar-refractivity contribution in [2.75, 3.05) is 0 Å². The lowest BCUT2D eigenvalue weighted by Gasteiger charge is -2.36. The zero-order valence-electron chi connectivity index (χ0n) is 11.5. The minimum absolute atomic E-state index is 0.0511. The summed E-state index contributed by atoms with van der Waals surface area (Å²) in [6.45, 7) is 0.223. The second kappa shape index (κ2) is 4.08. The van der Waals surface area contributed by atoms with E-state index in [1.54, 1.807) is 0 Å². The van der Waals surface area contributed by atoms with Gasteiger partial charge in [-0.3, -0.25) is 4.79 Å². The van der Waals surface area contributed by atoms with Gasteiger partial charge in [0.1, 0.15) is 0 Å². The Kier molecular flexibility index (Phi) is 2.55. The molecule has 2 aromatic rings. The van der Waals surface area contributed by atoms with E-state index in [0.717, 1.165) is 18.3 Å². The predicted octanol–water partition coefficient (Wildman–Crippen LogP) is 3.11. The molecule has 0 bridgehead atoms. The van der Waals surface area contributed by atoms with Crippen LogP contribution in [0.5, 0.6) is 0 Å². The van der Waals surface area contributed by atoms with Gasteiger partial charge in [-0.05, 0) is 18.8 Å². The number of nitrogens with zero attached hydrogens (tertiary/aromatic N) is 2. The second-order valence-electron chi connectivity index (χ2n) is 6.40. The maximum Gasteiger partial charge on any atom is 0.269 e. The molecule has 1 aromatic carbocycles. The first-order chi connectivity index (χ1) is 10.3. The number of benzene rings is 1. The SMILES string of the molecule is O=c1cnc2cc(F)c(F)cc2n1CC1CC2(C1)CC2(F)F. The minimum Gasteiger partial charge on any atom is -0.305 e. The van der Waals surface area contributed by atoms with Gasteiger partial charge in [0, 0.05) is 30.5 Å². The van der Waals surface area contributed by atoms with Crippen LogP contribution >= 0.6 is 0 Å². The van der Waals surface area contributed by atoms with Gasteiger partial charge < -0.3 is 4.57 Å². The minimum atomic E-state index is -2.58. The largest absolute Gasteiger partial charge is 0.305 e. The average Bonchev–Trinajstić information content (AvgIpc) is 2.97. The van der Waals surface area contributed by atoms with Crippen LogP contribution < -0.4 is 5.56 Å². The fourth-order valence-electron chi connectivity index (χ4n) is 3.60. The molecule has 2 saturated carbocycles. The molecule has 1 spiro atoms. The van der Waals surface area contributed by atoms with E-state index in [1.165, 1.54) is 4.57 Å². The lowest BCUT2D eigenvalue weighted by atomic mass is 9.71. The summed E-state index contributed by atoms with van der Waals surface area (Å²) in [6.07, 6.45) is 1.68. The fourth-order valence-corrected chi connectivity index (χ4v) is 3.60. The Labute approximate surface area is 122 Å². The van der Waals surface area contributed by atoms with Crippen LogP contribution in [0.4, 0.5) is 17.6 Å². The Bertz CT molecular complexity index is 839. The molecule has 2 aliphatic carbocycles. The lowest BCUT2D eigenvalue weighted by Crippen LogP contribution is -2.35. The average molecular weight is 312 g/mol. The number of fused-ring (bicyclic) bond motifs is 1. The number of rotatable bonds is 2. The van der Waals surface area contributed by atoms with Crippen LogP contribution in [0.1, 0.15) is 19.3 Å². The van der Waals surface area contributed by atoms with Crippen LogP contribution in [0.3, 0.4) is 0 Å². The van der Waals surface area contributed by atoms with Crippen LogP contribution in [-0.4, -0.2) is 15.5 Å². The van der Waals surface area contributed by atoms with E-state index >= 15 is 0 Å². The number of hydrogen-bond donors (Lipinski definition) is 0. The second-order valence-corrected chi connectivity index (χ2v) is 6.40. The molecular weight excluding hydrogens is 300 g/mol. The van der Waals surface area contributed by atoms with Gasteiger partial charge in [-0.2, -0.15) is 0 Å². The fraction of sp³-hybridized carbons (Fsp3) is 0.467. The number of hydrogen-bond acceptors (Lipinski definition) is 2. The summed E-state index contributed by atoms with van der Waals surface area (Å²) in [5.41, 5.74) is -0.956. The molecule has 4 rings (SSSR count). The summed E-state index contributed by atoms with van der Waals surface area (Å²) >= 11 is 0. The number of aromatic nitrogens is 2. The molecule has 0 radical (unpaired) electrons. The zero-order valence-corrected chi connectivity index (χ0v) is 11.5. The van der Waals surface area contributed by atoms with E-state index in [9.17, 15) is 22.4 Å². The molecule has 0 aliphatic heterocycles. The third-order valence-electron chi connectivity index (χ3n) is 4.90. The zero-order chi connectivity index (χ0) is 15.7. The van der Waals surface area contributed by atoms with E-state index < -0.39 is 28.5 Å². The van der Waals surface area contributed by atoms with Crippen molar-refractivity contribution in [3.8, 4) is 0 Å². The molecule has 1 heterocycles. The number of alkyl halides is 2. The summed E-state index contributed by atoms with van der Waals surface area (Å²) in [5, 5.41) is 0. The lowest BCUT2D eigenvalue weighted by molar-refractivity contribution is -0.00257. The first kappa shape index (κ1) is 13.7. The third-order valence-corrected chi connectivity index (χ3v) is 4.90. The normalized spacial score (nSPS) is 28.8. The molecule has 7 heteroatoms. The molecule has 2 aliphatic rings. The van der Waals surface area contributed by atoms with Gasteiger partial charge in [0.05, 0.1) is 17.2 Å². The van der Waals surface area contributed by atoms with Crippen molar-refractivity contribution in [1.29, 1.82) is 0 Å². The van der Waals surface area contributed by atoms with Gasteiger partial charge in [-0.15, -0.1) is 0 Å². The Morgan fingerprint density at radius 3 is 2.50 bits per heavy atom. The summed E-state index contributed by atoms with van der Waals surface area (Å²) in [6, 6.07) is 1.86. The van der Waals surface area contributed by atoms with E-state index in [4.69, 9.17) is 0 Å². The standard InChI is InChI=1S/C15H12F4N2O/c16-9-1-11-12(2-10(9)17)21(13(22)5-20-11)6-8-3-14(4-8)7-15(14,18)19/h1-2,5,8H,3-4,6-7H2. The van der Waals surface area contributed by atoms with Crippen LogP contribution in [0, 0.1) is 23.0 Å². The van der Waals surface area contributed by atoms with Crippen LogP contribution in [0.25, 0.3) is 11.0 Å². The molecule has 0 unspecified atom stereocenters. The van der Waals surface area contributed by atoms with Crippen molar-refractivity contribution in [3.63, 3.8) is 0 Å². The van der Waals surface area contributed by atoms with Crippen LogP contribution in [0.2, 0.25) is 0 Å². The molecule has 0 amide bonds. The molecule has 1 aromatic heterocycles. The predicted molar refractivity (Wildman–Crippen MR) is 70.6 cm³/mol. The molecular formula is C15H12F4N2O. The Morgan fingerprint density at radius 2 is 1.86 bits per heavy atom. The topological polar surface area (TPSA) is 34.9 Å². The molecule has 0 N–H and O–H groups in total. The highest BCUT2D eigenvalue weighted by molar-refractivity contribution is 5.74. The Morgan fingerprint density at radius 1 is 1.23 bits per heavy atom. The van der Waals surface area contributed by atoms with Crippen molar-refractivity contribution in [2.45, 2.75) is 31.7 Å². The maximum absolute atomic E-state index is 13.4. The Balaban J connectivity index is 1.66. The molecule has 22 heavy (non-hydrogen) atoms.